The van der Waals surface area contributed by atoms with E-state index < -0.39 is 24.5 Å². The molecule has 0 bridgehead atoms. The first kappa shape index (κ1) is 26.8. The lowest BCUT2D eigenvalue weighted by Gasteiger charge is -2.45. The van der Waals surface area contributed by atoms with Crippen molar-refractivity contribution in [2.24, 2.45) is 0 Å². The molecule has 202 valence electrons. The SMILES string of the molecule is Cc1c(CN2CCCC23CCN(C(=O)OC(C(F)(F)F)C(F)(F)F)CC3)cccc1N1CCOCC1. The zero-order valence-electron chi connectivity index (χ0n) is 20.1. The largest absolute Gasteiger partial charge is 0.434 e. The molecule has 0 atom stereocenters. The highest BCUT2D eigenvalue weighted by Gasteiger charge is 2.60. The Morgan fingerprint density at radius 2 is 1.64 bits per heavy atom. The van der Waals surface area contributed by atoms with E-state index in [0.29, 0.717) is 32.6 Å². The molecule has 0 saturated carbocycles. The van der Waals surface area contributed by atoms with Crippen LogP contribution in [0.4, 0.5) is 36.8 Å². The first-order valence-electron chi connectivity index (χ1n) is 12.2. The maximum atomic E-state index is 12.8. The van der Waals surface area contributed by atoms with Gasteiger partial charge >= 0.3 is 18.4 Å². The predicted molar refractivity (Wildman–Crippen MR) is 120 cm³/mol. The van der Waals surface area contributed by atoms with Crippen LogP contribution in [-0.4, -0.2) is 85.8 Å². The van der Waals surface area contributed by atoms with Crippen LogP contribution in [0.3, 0.4) is 0 Å². The van der Waals surface area contributed by atoms with Gasteiger partial charge < -0.3 is 19.3 Å². The number of anilines is 1. The number of hydrogen-bond acceptors (Lipinski definition) is 5. The normalized spacial score (nSPS) is 21.4. The van der Waals surface area contributed by atoms with E-state index in [0.717, 1.165) is 37.4 Å². The van der Waals surface area contributed by atoms with E-state index in [1.54, 1.807) is 0 Å². The third-order valence-corrected chi connectivity index (χ3v) is 7.64. The lowest BCUT2D eigenvalue weighted by molar-refractivity contribution is -0.308. The van der Waals surface area contributed by atoms with Crippen LogP contribution in [0.2, 0.25) is 0 Å². The summed E-state index contributed by atoms with van der Waals surface area (Å²) in [5.74, 6) is 0. The molecule has 6 nitrogen and oxygen atoms in total. The number of rotatable bonds is 4. The summed E-state index contributed by atoms with van der Waals surface area (Å²) in [7, 11) is 0. The van der Waals surface area contributed by atoms with Crippen LogP contribution in [0.25, 0.3) is 0 Å². The summed E-state index contributed by atoms with van der Waals surface area (Å²) in [5.41, 5.74) is 3.30. The number of hydrogen-bond donors (Lipinski definition) is 0. The Morgan fingerprint density at radius 1 is 1.00 bits per heavy atom. The zero-order valence-corrected chi connectivity index (χ0v) is 20.1. The first-order chi connectivity index (χ1) is 16.9. The molecule has 0 aromatic heterocycles. The number of alkyl halides is 6. The highest BCUT2D eigenvalue weighted by Crippen LogP contribution is 2.41. The Balaban J connectivity index is 1.40. The van der Waals surface area contributed by atoms with Gasteiger partial charge in [-0.05, 0) is 56.3 Å². The van der Waals surface area contributed by atoms with Crippen LogP contribution in [0.5, 0.6) is 0 Å². The monoisotopic (exact) mass is 523 g/mol. The number of carbonyl (C=O) groups excluding carboxylic acids is 1. The fourth-order valence-electron chi connectivity index (χ4n) is 5.60. The predicted octanol–water partition coefficient (Wildman–Crippen LogP) is 4.89. The van der Waals surface area contributed by atoms with Crippen molar-refractivity contribution in [2.75, 3.05) is 50.8 Å². The molecule has 1 aromatic carbocycles. The van der Waals surface area contributed by atoms with Crippen molar-refractivity contribution in [1.29, 1.82) is 0 Å². The van der Waals surface area contributed by atoms with Gasteiger partial charge in [-0.3, -0.25) is 4.90 Å². The highest BCUT2D eigenvalue weighted by atomic mass is 19.4. The Kier molecular flexibility index (Phi) is 7.66. The zero-order chi connectivity index (χ0) is 26.1. The van der Waals surface area contributed by atoms with E-state index in [-0.39, 0.29) is 18.6 Å². The fourth-order valence-corrected chi connectivity index (χ4v) is 5.60. The van der Waals surface area contributed by atoms with Crippen LogP contribution < -0.4 is 4.90 Å². The van der Waals surface area contributed by atoms with Gasteiger partial charge in [0.1, 0.15) is 0 Å². The summed E-state index contributed by atoms with van der Waals surface area (Å²) in [4.78, 5) is 17.8. The topological polar surface area (TPSA) is 45.2 Å². The maximum Gasteiger partial charge on any atom is 0.434 e. The molecular weight excluding hydrogens is 492 g/mol. The standard InChI is InChI=1S/C24H31F6N3O3/c1-17-18(4-2-5-19(17)31-12-14-35-15-13-31)16-33-9-3-6-22(33)7-10-32(11-8-22)21(34)36-20(23(25,26)27)24(28,29)30/h2,4-5,20H,3,6-16H2,1H3. The third kappa shape index (κ3) is 5.69. The molecule has 1 amide bonds. The second-order valence-electron chi connectivity index (χ2n) is 9.74. The number of likely N-dealkylation sites (tertiary alicyclic amines) is 2. The quantitative estimate of drug-likeness (QED) is 0.526. The van der Waals surface area contributed by atoms with Crippen LogP contribution >= 0.6 is 0 Å². The van der Waals surface area contributed by atoms with Crippen molar-refractivity contribution < 1.29 is 40.6 Å². The molecule has 4 rings (SSSR count). The van der Waals surface area contributed by atoms with E-state index in [1.165, 1.54) is 16.8 Å². The summed E-state index contributed by atoms with van der Waals surface area (Å²) in [6, 6.07) is 6.22. The minimum Gasteiger partial charge on any atom is -0.426 e. The molecule has 3 fully saturated rings. The Labute approximate surface area is 206 Å². The van der Waals surface area contributed by atoms with Gasteiger partial charge in [0.15, 0.2) is 0 Å². The van der Waals surface area contributed by atoms with Gasteiger partial charge in [-0.1, -0.05) is 12.1 Å². The number of amides is 1. The number of carbonyl (C=O) groups is 1. The lowest BCUT2D eigenvalue weighted by Crippen LogP contribution is -2.54. The Hall–Kier alpha value is -2.21. The number of nitrogens with zero attached hydrogens (tertiary/aromatic N) is 3. The van der Waals surface area contributed by atoms with Crippen molar-refractivity contribution in [3.63, 3.8) is 0 Å². The summed E-state index contributed by atoms with van der Waals surface area (Å²) in [6.45, 7) is 6.75. The highest BCUT2D eigenvalue weighted by molar-refractivity contribution is 5.68. The summed E-state index contributed by atoms with van der Waals surface area (Å²) < 4.78 is 86.1. The molecule has 0 radical (unpaired) electrons. The van der Waals surface area contributed by atoms with E-state index >= 15 is 0 Å². The van der Waals surface area contributed by atoms with Gasteiger partial charge in [-0.25, -0.2) is 4.79 Å². The summed E-state index contributed by atoms with van der Waals surface area (Å²) in [6.07, 6.45) is -14.4. The smallest absolute Gasteiger partial charge is 0.426 e. The maximum absolute atomic E-state index is 12.8. The van der Waals surface area contributed by atoms with E-state index in [9.17, 15) is 31.1 Å². The minimum atomic E-state index is -5.72. The molecule has 1 spiro atoms. The van der Waals surface area contributed by atoms with Crippen molar-refractivity contribution >= 4 is 11.8 Å². The molecule has 1 aromatic rings. The lowest BCUT2D eigenvalue weighted by atomic mass is 9.84. The molecule has 3 aliphatic heterocycles. The second-order valence-corrected chi connectivity index (χ2v) is 9.74. The molecule has 36 heavy (non-hydrogen) atoms. The number of ether oxygens (including phenoxy) is 2. The number of benzene rings is 1. The van der Waals surface area contributed by atoms with Crippen LogP contribution in [0.15, 0.2) is 18.2 Å². The summed E-state index contributed by atoms with van der Waals surface area (Å²) in [5, 5.41) is 0. The third-order valence-electron chi connectivity index (χ3n) is 7.64. The van der Waals surface area contributed by atoms with Gasteiger partial charge in [0, 0.05) is 44.0 Å². The van der Waals surface area contributed by atoms with Crippen molar-refractivity contribution in [3.05, 3.63) is 29.3 Å². The Morgan fingerprint density at radius 3 is 2.25 bits per heavy atom. The van der Waals surface area contributed by atoms with Crippen molar-refractivity contribution in [3.8, 4) is 0 Å². The van der Waals surface area contributed by atoms with Gasteiger partial charge in [0.05, 0.1) is 13.2 Å². The second kappa shape index (κ2) is 10.3. The van der Waals surface area contributed by atoms with Gasteiger partial charge in [-0.15, -0.1) is 0 Å². The van der Waals surface area contributed by atoms with E-state index in [1.807, 2.05) is 6.07 Å². The Bertz CT molecular complexity index is 911. The van der Waals surface area contributed by atoms with E-state index in [4.69, 9.17) is 4.74 Å². The minimum absolute atomic E-state index is 0.0462. The van der Waals surface area contributed by atoms with Gasteiger partial charge in [0.25, 0.3) is 6.10 Å². The number of halogens is 6. The van der Waals surface area contributed by atoms with E-state index in [2.05, 4.69) is 33.6 Å². The molecular formula is C24H31F6N3O3. The molecule has 3 aliphatic rings. The molecule has 12 heteroatoms. The van der Waals surface area contributed by atoms with Crippen molar-refractivity contribution in [1.82, 2.24) is 9.80 Å². The fraction of sp³-hybridized carbons (Fsp3) is 0.708. The number of piperidine rings is 1. The summed E-state index contributed by atoms with van der Waals surface area (Å²) >= 11 is 0. The number of morpholine rings is 1. The van der Waals surface area contributed by atoms with Crippen LogP contribution in [0.1, 0.15) is 36.8 Å². The van der Waals surface area contributed by atoms with Crippen molar-refractivity contribution in [2.45, 2.75) is 63.1 Å². The average Bonchev–Trinajstić information content (AvgIpc) is 3.19. The molecule has 3 saturated heterocycles. The first-order valence-corrected chi connectivity index (χ1v) is 12.2. The van der Waals surface area contributed by atoms with Crippen LogP contribution in [-0.2, 0) is 16.0 Å². The van der Waals surface area contributed by atoms with Crippen LogP contribution in [0, 0.1) is 6.92 Å². The van der Waals surface area contributed by atoms with Gasteiger partial charge in [0.2, 0.25) is 0 Å². The molecule has 0 N–H and O–H groups in total. The van der Waals surface area contributed by atoms with Gasteiger partial charge in [-0.2, -0.15) is 26.3 Å². The average molecular weight is 524 g/mol. The molecule has 0 aliphatic carbocycles. The molecule has 0 unspecified atom stereocenters. The molecule has 3 heterocycles.